The highest BCUT2D eigenvalue weighted by molar-refractivity contribution is 7.89. The summed E-state index contributed by atoms with van der Waals surface area (Å²) >= 11 is 5.52. The van der Waals surface area contributed by atoms with Crippen molar-refractivity contribution in [2.75, 3.05) is 5.88 Å². The fraction of sp³-hybridized carbons (Fsp3) is 0.417. The van der Waals surface area contributed by atoms with Crippen molar-refractivity contribution in [3.05, 3.63) is 29.8 Å². The average Bonchev–Trinajstić information content (AvgIpc) is 2.36. The van der Waals surface area contributed by atoms with Crippen LogP contribution in [0.3, 0.4) is 0 Å². The van der Waals surface area contributed by atoms with E-state index >= 15 is 0 Å². The Labute approximate surface area is 118 Å². The van der Waals surface area contributed by atoms with Gasteiger partial charge in [0.2, 0.25) is 15.9 Å². The molecule has 0 saturated carbocycles. The van der Waals surface area contributed by atoms with E-state index in [4.69, 9.17) is 16.7 Å². The second-order valence-electron chi connectivity index (χ2n) is 4.12. The Morgan fingerprint density at radius 2 is 2.05 bits per heavy atom. The lowest BCUT2D eigenvalue weighted by Crippen LogP contribution is -2.22. The highest BCUT2D eigenvalue weighted by atomic mass is 35.5. The molecule has 0 aliphatic rings. The number of carbonyl (C=O) groups excluding carboxylic acids is 1. The second-order valence-corrected chi connectivity index (χ2v) is 6.05. The van der Waals surface area contributed by atoms with Crippen molar-refractivity contribution in [3.63, 3.8) is 0 Å². The normalized spacial score (nSPS) is 11.3. The van der Waals surface area contributed by atoms with Gasteiger partial charge in [0.25, 0.3) is 0 Å². The molecule has 0 aromatic heterocycles. The van der Waals surface area contributed by atoms with Crippen molar-refractivity contribution in [3.8, 4) is 0 Å². The summed E-state index contributed by atoms with van der Waals surface area (Å²) in [5, 5.41) is 7.75. The Bertz CT molecular complexity index is 532. The zero-order valence-corrected chi connectivity index (χ0v) is 12.0. The minimum atomic E-state index is -3.71. The molecule has 19 heavy (non-hydrogen) atoms. The molecule has 7 heteroatoms. The molecule has 106 valence electrons. The first kappa shape index (κ1) is 15.9. The number of nitrogens with two attached hydrogens (primary N) is 1. The van der Waals surface area contributed by atoms with Crippen LogP contribution in [0.2, 0.25) is 0 Å². The molecule has 1 aromatic carbocycles. The number of benzene rings is 1. The van der Waals surface area contributed by atoms with Gasteiger partial charge in [0.05, 0.1) is 4.90 Å². The first-order chi connectivity index (χ1) is 8.93. The summed E-state index contributed by atoms with van der Waals surface area (Å²) in [5.74, 6) is 0.468. The lowest BCUT2D eigenvalue weighted by Gasteiger charge is -2.06. The van der Waals surface area contributed by atoms with Crippen molar-refractivity contribution < 1.29 is 13.2 Å². The Morgan fingerprint density at radius 1 is 1.32 bits per heavy atom. The van der Waals surface area contributed by atoms with E-state index in [2.05, 4.69) is 5.32 Å². The summed E-state index contributed by atoms with van der Waals surface area (Å²) in [6.45, 7) is 0.281. The summed E-state index contributed by atoms with van der Waals surface area (Å²) in [6.07, 6.45) is 1.96. The predicted octanol–water partition coefficient (Wildman–Crippen LogP) is 1.36. The van der Waals surface area contributed by atoms with E-state index in [0.717, 1.165) is 12.8 Å². The lowest BCUT2D eigenvalue weighted by molar-refractivity contribution is -0.121. The minimum absolute atomic E-state index is 0.0430. The van der Waals surface area contributed by atoms with E-state index in [-0.39, 0.29) is 17.3 Å². The van der Waals surface area contributed by atoms with E-state index in [9.17, 15) is 13.2 Å². The van der Waals surface area contributed by atoms with Gasteiger partial charge in [0, 0.05) is 18.8 Å². The van der Waals surface area contributed by atoms with Gasteiger partial charge in [0.15, 0.2) is 0 Å². The largest absolute Gasteiger partial charge is 0.352 e. The third-order valence-electron chi connectivity index (χ3n) is 2.50. The van der Waals surface area contributed by atoms with Crippen LogP contribution in [0.1, 0.15) is 24.8 Å². The van der Waals surface area contributed by atoms with Crippen LogP contribution >= 0.6 is 11.6 Å². The number of unbranched alkanes of at least 4 members (excludes halogenated alkanes) is 1. The van der Waals surface area contributed by atoms with Gasteiger partial charge in [-0.15, -0.1) is 11.6 Å². The molecule has 0 heterocycles. The number of amides is 1. The quantitative estimate of drug-likeness (QED) is 0.589. The van der Waals surface area contributed by atoms with Crippen LogP contribution in [0, 0.1) is 0 Å². The van der Waals surface area contributed by atoms with Crippen LogP contribution in [-0.4, -0.2) is 20.2 Å². The lowest BCUT2D eigenvalue weighted by atomic mass is 10.2. The number of alkyl halides is 1. The third kappa shape index (κ3) is 6.04. The second kappa shape index (κ2) is 7.47. The van der Waals surface area contributed by atoms with Crippen molar-refractivity contribution >= 4 is 27.5 Å². The smallest absolute Gasteiger partial charge is 0.238 e. The fourth-order valence-corrected chi connectivity index (χ4v) is 2.27. The Hall–Kier alpha value is -1.11. The first-order valence-corrected chi connectivity index (χ1v) is 7.96. The van der Waals surface area contributed by atoms with E-state index in [1.807, 2.05) is 0 Å². The number of nitrogens with one attached hydrogen (secondary N) is 1. The van der Waals surface area contributed by atoms with Crippen LogP contribution in [0.5, 0.6) is 0 Å². The predicted molar refractivity (Wildman–Crippen MR) is 74.2 cm³/mol. The molecule has 5 nitrogen and oxygen atoms in total. The summed E-state index contributed by atoms with van der Waals surface area (Å²) in [5.41, 5.74) is 0.692. The Morgan fingerprint density at radius 3 is 2.68 bits per heavy atom. The number of hydrogen-bond acceptors (Lipinski definition) is 3. The molecule has 0 aliphatic carbocycles. The summed E-state index contributed by atoms with van der Waals surface area (Å²) in [6, 6.07) is 6.19. The molecule has 0 saturated heterocycles. The topological polar surface area (TPSA) is 89.3 Å². The van der Waals surface area contributed by atoms with E-state index in [0.29, 0.717) is 17.9 Å². The standard InChI is InChI=1S/C12H17ClN2O3S/c13-7-2-1-6-12(16)15-9-10-4-3-5-11(8-10)19(14,17)18/h3-5,8H,1-2,6-7,9H2,(H,15,16)(H2,14,17,18). The van der Waals surface area contributed by atoms with Gasteiger partial charge in [-0.25, -0.2) is 13.6 Å². The molecule has 0 radical (unpaired) electrons. The molecule has 3 N–H and O–H groups in total. The van der Waals surface area contributed by atoms with Crippen LogP contribution < -0.4 is 10.5 Å². The van der Waals surface area contributed by atoms with Crippen molar-refractivity contribution in [2.45, 2.75) is 30.7 Å². The maximum Gasteiger partial charge on any atom is 0.238 e. The van der Waals surface area contributed by atoms with E-state index < -0.39 is 10.0 Å². The molecule has 0 aliphatic heterocycles. The van der Waals surface area contributed by atoms with Crippen molar-refractivity contribution in [1.82, 2.24) is 5.32 Å². The Kier molecular flexibility index (Phi) is 6.27. The van der Waals surface area contributed by atoms with Crippen molar-refractivity contribution in [1.29, 1.82) is 0 Å². The molecule has 0 unspecified atom stereocenters. The van der Waals surface area contributed by atoms with Gasteiger partial charge >= 0.3 is 0 Å². The Balaban J connectivity index is 2.52. The monoisotopic (exact) mass is 304 g/mol. The van der Waals surface area contributed by atoms with E-state index in [1.54, 1.807) is 12.1 Å². The molecule has 1 rings (SSSR count). The van der Waals surface area contributed by atoms with Crippen LogP contribution in [-0.2, 0) is 21.4 Å². The average molecular weight is 305 g/mol. The number of primary sulfonamides is 1. The maximum atomic E-state index is 11.5. The van der Waals surface area contributed by atoms with Crippen molar-refractivity contribution in [2.24, 2.45) is 5.14 Å². The van der Waals surface area contributed by atoms with Gasteiger partial charge in [-0.1, -0.05) is 12.1 Å². The molecule has 1 aromatic rings. The molecule has 1 amide bonds. The molecular formula is C12H17ClN2O3S. The van der Waals surface area contributed by atoms with Gasteiger partial charge in [0.1, 0.15) is 0 Å². The highest BCUT2D eigenvalue weighted by Gasteiger charge is 2.08. The molecule has 0 atom stereocenters. The van der Waals surface area contributed by atoms with E-state index in [1.165, 1.54) is 12.1 Å². The number of hydrogen-bond donors (Lipinski definition) is 2. The van der Waals surface area contributed by atoms with Crippen LogP contribution in [0.15, 0.2) is 29.2 Å². The molecular weight excluding hydrogens is 288 g/mol. The maximum absolute atomic E-state index is 11.5. The number of sulfonamides is 1. The van der Waals surface area contributed by atoms with Gasteiger partial charge in [-0.05, 0) is 30.5 Å². The number of carbonyl (C=O) groups is 1. The number of rotatable bonds is 7. The highest BCUT2D eigenvalue weighted by Crippen LogP contribution is 2.09. The van der Waals surface area contributed by atoms with Gasteiger partial charge < -0.3 is 5.32 Å². The summed E-state index contributed by atoms with van der Waals surface area (Å²) < 4.78 is 22.4. The van der Waals surface area contributed by atoms with Crippen LogP contribution in [0.4, 0.5) is 0 Å². The summed E-state index contributed by atoms with van der Waals surface area (Å²) in [4.78, 5) is 11.5. The molecule has 0 fully saturated rings. The zero-order valence-electron chi connectivity index (χ0n) is 10.4. The van der Waals surface area contributed by atoms with Gasteiger partial charge in [-0.2, -0.15) is 0 Å². The van der Waals surface area contributed by atoms with Gasteiger partial charge in [-0.3, -0.25) is 4.79 Å². The summed E-state index contributed by atoms with van der Waals surface area (Å²) in [7, 11) is -3.71. The molecule has 0 bridgehead atoms. The first-order valence-electron chi connectivity index (χ1n) is 5.88. The fourth-order valence-electron chi connectivity index (χ4n) is 1.50. The minimum Gasteiger partial charge on any atom is -0.352 e. The molecule has 0 spiro atoms. The zero-order chi connectivity index (χ0) is 14.3. The number of halogens is 1. The SMILES string of the molecule is NS(=O)(=O)c1cccc(CNC(=O)CCCCCl)c1. The third-order valence-corrected chi connectivity index (χ3v) is 3.68. The van der Waals surface area contributed by atoms with Crippen LogP contribution in [0.25, 0.3) is 0 Å².